The lowest BCUT2D eigenvalue weighted by atomic mass is 10.1. The number of rotatable bonds is 10. The van der Waals surface area contributed by atoms with E-state index >= 15 is 0 Å². The molecule has 1 aromatic heterocycles. The van der Waals surface area contributed by atoms with Crippen LogP contribution in [0.4, 0.5) is 4.39 Å². The van der Waals surface area contributed by atoms with Crippen molar-refractivity contribution >= 4 is 0 Å². The van der Waals surface area contributed by atoms with E-state index < -0.39 is 0 Å². The van der Waals surface area contributed by atoms with Crippen molar-refractivity contribution in [2.75, 3.05) is 20.3 Å². The normalized spacial score (nSPS) is 12.2. The molecule has 1 N–H and O–H groups in total. The lowest BCUT2D eigenvalue weighted by Crippen LogP contribution is -3.09. The maximum Gasteiger partial charge on any atom is 0.132 e. The summed E-state index contributed by atoms with van der Waals surface area (Å²) in [6.45, 7) is 6.21. The summed E-state index contributed by atoms with van der Waals surface area (Å²) in [5, 5.41) is 0. The van der Waals surface area contributed by atoms with E-state index in [0.717, 1.165) is 38.2 Å². The van der Waals surface area contributed by atoms with Crippen LogP contribution in [-0.4, -0.2) is 24.8 Å². The Labute approximate surface area is 167 Å². The fraction of sp³-hybridized carbons (Fsp3) is 0.333. The van der Waals surface area contributed by atoms with Crippen molar-refractivity contribution in [3.8, 4) is 0 Å². The van der Waals surface area contributed by atoms with Crippen molar-refractivity contribution in [3.63, 3.8) is 0 Å². The van der Waals surface area contributed by atoms with Gasteiger partial charge < -0.3 is 14.2 Å². The van der Waals surface area contributed by atoms with Gasteiger partial charge in [-0.25, -0.2) is 4.39 Å². The number of hydrogen-bond donors (Lipinski definition) is 1. The van der Waals surface area contributed by atoms with Gasteiger partial charge in [0.2, 0.25) is 0 Å². The minimum absolute atomic E-state index is 0.123. The van der Waals surface area contributed by atoms with Crippen molar-refractivity contribution in [2.24, 2.45) is 0 Å². The van der Waals surface area contributed by atoms with Crippen LogP contribution in [0.3, 0.4) is 0 Å². The number of benzene rings is 2. The van der Waals surface area contributed by atoms with E-state index in [2.05, 4.69) is 54.1 Å². The molecule has 0 aliphatic carbocycles. The molecule has 0 amide bonds. The van der Waals surface area contributed by atoms with E-state index in [1.165, 1.54) is 21.7 Å². The zero-order valence-corrected chi connectivity index (χ0v) is 16.8. The van der Waals surface area contributed by atoms with Crippen LogP contribution in [0, 0.1) is 12.7 Å². The van der Waals surface area contributed by atoms with E-state index in [0.29, 0.717) is 6.54 Å². The second-order valence-corrected chi connectivity index (χ2v) is 7.35. The Bertz CT molecular complexity index is 874. The van der Waals surface area contributed by atoms with Crippen LogP contribution < -0.4 is 4.90 Å². The number of methoxy groups -OCH3 is 1. The number of hydrogen-bond acceptors (Lipinski definition) is 1. The molecular weight excluding hydrogens is 351 g/mol. The average molecular weight is 382 g/mol. The summed E-state index contributed by atoms with van der Waals surface area (Å²) < 4.78 is 21.7. The molecule has 4 heteroatoms. The third-order valence-electron chi connectivity index (χ3n) is 5.23. The Morgan fingerprint density at radius 3 is 2.43 bits per heavy atom. The van der Waals surface area contributed by atoms with Crippen molar-refractivity contribution in [1.82, 2.24) is 4.57 Å². The molecule has 3 rings (SSSR count). The standard InChI is InChI=1S/C24H29FN2O/c1-20-9-3-4-10-21(20)18-27-15-7-12-23(27)19-26(14-8-16-28-2)17-22-11-5-6-13-24(22)25/h3-7,9-13,15H,8,14,16-19H2,1-2H3/p+1. The van der Waals surface area contributed by atoms with Crippen molar-refractivity contribution in [2.45, 2.75) is 33.0 Å². The molecule has 28 heavy (non-hydrogen) atoms. The van der Waals surface area contributed by atoms with Crippen LogP contribution in [0.15, 0.2) is 66.9 Å². The maximum atomic E-state index is 14.2. The number of nitrogens with one attached hydrogen (secondary N) is 1. The van der Waals surface area contributed by atoms with Gasteiger partial charge in [-0.05, 0) is 36.2 Å². The van der Waals surface area contributed by atoms with Crippen molar-refractivity contribution in [1.29, 1.82) is 0 Å². The van der Waals surface area contributed by atoms with Gasteiger partial charge in [0.15, 0.2) is 0 Å². The molecule has 1 atom stereocenters. The fourth-order valence-corrected chi connectivity index (χ4v) is 3.61. The smallest absolute Gasteiger partial charge is 0.132 e. The number of aryl methyl sites for hydroxylation is 1. The first kappa shape index (κ1) is 20.3. The monoisotopic (exact) mass is 381 g/mol. The van der Waals surface area contributed by atoms with E-state index in [1.807, 2.05) is 12.1 Å². The first-order valence-electron chi connectivity index (χ1n) is 9.92. The summed E-state index contributed by atoms with van der Waals surface area (Å²) >= 11 is 0. The van der Waals surface area contributed by atoms with Crippen LogP contribution in [0.5, 0.6) is 0 Å². The van der Waals surface area contributed by atoms with Gasteiger partial charge in [0, 0.05) is 31.8 Å². The topological polar surface area (TPSA) is 18.6 Å². The summed E-state index contributed by atoms with van der Waals surface area (Å²) in [5.41, 5.74) is 4.67. The molecule has 0 saturated heterocycles. The van der Waals surface area contributed by atoms with Crippen LogP contribution in [0.1, 0.15) is 28.8 Å². The number of ether oxygens (including phenoxy) is 1. The molecule has 0 radical (unpaired) electrons. The summed E-state index contributed by atoms with van der Waals surface area (Å²) in [6.07, 6.45) is 3.09. The zero-order chi connectivity index (χ0) is 19.8. The average Bonchev–Trinajstić information content (AvgIpc) is 3.12. The second kappa shape index (κ2) is 10.2. The number of nitrogens with zero attached hydrogens (tertiary/aromatic N) is 1. The highest BCUT2D eigenvalue weighted by molar-refractivity contribution is 5.26. The third kappa shape index (κ3) is 5.54. The lowest BCUT2D eigenvalue weighted by Gasteiger charge is -2.21. The SMILES string of the molecule is COCCC[NH+](Cc1ccccc1F)Cc1cccn1Cc1ccccc1C. The van der Waals surface area contributed by atoms with E-state index in [-0.39, 0.29) is 5.82 Å². The van der Waals surface area contributed by atoms with Gasteiger partial charge in [0.1, 0.15) is 18.9 Å². The van der Waals surface area contributed by atoms with Crippen LogP contribution in [-0.2, 0) is 24.4 Å². The zero-order valence-electron chi connectivity index (χ0n) is 16.8. The van der Waals surface area contributed by atoms with Crippen LogP contribution in [0.2, 0.25) is 0 Å². The number of quaternary nitrogens is 1. The number of halogens is 1. The summed E-state index contributed by atoms with van der Waals surface area (Å²) in [6, 6.07) is 19.9. The molecule has 0 aliphatic heterocycles. The maximum absolute atomic E-state index is 14.2. The summed E-state index contributed by atoms with van der Waals surface area (Å²) in [5.74, 6) is -0.123. The second-order valence-electron chi connectivity index (χ2n) is 7.35. The van der Waals surface area contributed by atoms with Crippen LogP contribution in [0.25, 0.3) is 0 Å². The minimum atomic E-state index is -0.123. The third-order valence-corrected chi connectivity index (χ3v) is 5.23. The first-order chi connectivity index (χ1) is 13.7. The summed E-state index contributed by atoms with van der Waals surface area (Å²) in [7, 11) is 1.73. The molecule has 0 bridgehead atoms. The molecule has 3 aromatic rings. The largest absolute Gasteiger partial charge is 0.384 e. The van der Waals surface area contributed by atoms with Gasteiger partial charge in [-0.2, -0.15) is 0 Å². The van der Waals surface area contributed by atoms with Gasteiger partial charge >= 0.3 is 0 Å². The van der Waals surface area contributed by atoms with E-state index in [4.69, 9.17) is 4.74 Å². The molecule has 0 fully saturated rings. The van der Waals surface area contributed by atoms with E-state index in [1.54, 1.807) is 19.2 Å². The minimum Gasteiger partial charge on any atom is -0.384 e. The van der Waals surface area contributed by atoms with Gasteiger partial charge in [0.05, 0.1) is 18.8 Å². The predicted molar refractivity (Wildman–Crippen MR) is 111 cm³/mol. The Kier molecular flexibility index (Phi) is 7.40. The molecule has 0 spiro atoms. The van der Waals surface area contributed by atoms with Gasteiger partial charge in [0.25, 0.3) is 0 Å². The highest BCUT2D eigenvalue weighted by Gasteiger charge is 2.15. The molecule has 1 unspecified atom stereocenters. The Balaban J connectivity index is 1.74. The molecule has 0 aliphatic rings. The molecule has 0 saturated carbocycles. The molecule has 1 heterocycles. The molecule has 2 aromatic carbocycles. The quantitative estimate of drug-likeness (QED) is 0.532. The van der Waals surface area contributed by atoms with Crippen molar-refractivity contribution in [3.05, 3.63) is 95.1 Å². The summed E-state index contributed by atoms with van der Waals surface area (Å²) in [4.78, 5) is 1.34. The van der Waals surface area contributed by atoms with E-state index in [9.17, 15) is 4.39 Å². The van der Waals surface area contributed by atoms with Crippen LogP contribution >= 0.6 is 0 Å². The molecule has 3 nitrogen and oxygen atoms in total. The lowest BCUT2D eigenvalue weighted by molar-refractivity contribution is -0.928. The van der Waals surface area contributed by atoms with Gasteiger partial charge in [-0.1, -0.05) is 42.5 Å². The fourth-order valence-electron chi connectivity index (χ4n) is 3.61. The first-order valence-corrected chi connectivity index (χ1v) is 9.92. The Morgan fingerprint density at radius 1 is 0.929 bits per heavy atom. The molecule has 148 valence electrons. The molecular formula is C24H30FN2O+. The highest BCUT2D eigenvalue weighted by Crippen LogP contribution is 2.12. The van der Waals surface area contributed by atoms with Gasteiger partial charge in [-0.3, -0.25) is 0 Å². The van der Waals surface area contributed by atoms with Gasteiger partial charge in [-0.15, -0.1) is 0 Å². The number of aromatic nitrogens is 1. The Hall–Kier alpha value is -2.43. The Morgan fingerprint density at radius 2 is 1.68 bits per heavy atom. The predicted octanol–water partition coefficient (Wildman–Crippen LogP) is 3.61. The highest BCUT2D eigenvalue weighted by atomic mass is 19.1. The van der Waals surface area contributed by atoms with Crippen molar-refractivity contribution < 1.29 is 14.0 Å².